The molecule has 2 N–H and O–H groups in total. The number of carbonyl (C=O) groups is 1. The van der Waals surface area contributed by atoms with E-state index in [2.05, 4.69) is 35.9 Å². The summed E-state index contributed by atoms with van der Waals surface area (Å²) < 4.78 is 0. The van der Waals surface area contributed by atoms with E-state index in [1.165, 1.54) is 5.56 Å². The standard InChI is InChI=1S/C13H20N2OS/c1-10(2)13(4-5-14-9-13)12(16)15-7-11-3-6-17-8-11/h3,6,8,10,14H,4-5,7,9H2,1-2H3,(H,15,16). The predicted molar refractivity (Wildman–Crippen MR) is 70.9 cm³/mol. The molecule has 4 heteroatoms. The minimum atomic E-state index is -0.212. The molecule has 0 bridgehead atoms. The molecule has 1 atom stereocenters. The Labute approximate surface area is 107 Å². The lowest BCUT2D eigenvalue weighted by Gasteiger charge is -2.31. The number of rotatable bonds is 4. The van der Waals surface area contributed by atoms with Crippen LogP contribution in [0.4, 0.5) is 0 Å². The van der Waals surface area contributed by atoms with Crippen molar-refractivity contribution in [3.63, 3.8) is 0 Å². The van der Waals surface area contributed by atoms with Gasteiger partial charge in [0.2, 0.25) is 5.91 Å². The zero-order chi connectivity index (χ0) is 12.3. The van der Waals surface area contributed by atoms with Crippen LogP contribution < -0.4 is 10.6 Å². The van der Waals surface area contributed by atoms with Crippen LogP contribution in [0.5, 0.6) is 0 Å². The third kappa shape index (κ3) is 2.53. The monoisotopic (exact) mass is 252 g/mol. The molecule has 3 nitrogen and oxygen atoms in total. The second-order valence-corrected chi connectivity index (χ2v) is 5.83. The first-order valence-corrected chi connectivity index (χ1v) is 7.09. The zero-order valence-electron chi connectivity index (χ0n) is 10.5. The highest BCUT2D eigenvalue weighted by molar-refractivity contribution is 7.07. The Morgan fingerprint density at radius 2 is 2.47 bits per heavy atom. The van der Waals surface area contributed by atoms with Gasteiger partial charge in [-0.1, -0.05) is 13.8 Å². The fourth-order valence-electron chi connectivity index (χ4n) is 2.41. The quantitative estimate of drug-likeness (QED) is 0.860. The second kappa shape index (κ2) is 5.19. The Balaban J connectivity index is 1.98. The highest BCUT2D eigenvalue weighted by Gasteiger charge is 2.43. The van der Waals surface area contributed by atoms with Crippen molar-refractivity contribution in [1.82, 2.24) is 10.6 Å². The van der Waals surface area contributed by atoms with Crippen molar-refractivity contribution in [3.05, 3.63) is 22.4 Å². The highest BCUT2D eigenvalue weighted by Crippen LogP contribution is 2.34. The SMILES string of the molecule is CC(C)C1(C(=O)NCc2ccsc2)CCNC1. The molecule has 1 fully saturated rings. The van der Waals surface area contributed by atoms with Crippen LogP contribution in [-0.2, 0) is 11.3 Å². The molecular formula is C13H20N2OS. The van der Waals surface area contributed by atoms with Crippen molar-refractivity contribution >= 4 is 17.2 Å². The summed E-state index contributed by atoms with van der Waals surface area (Å²) in [6, 6.07) is 2.06. The first-order chi connectivity index (χ1) is 8.15. The van der Waals surface area contributed by atoms with Crippen molar-refractivity contribution in [2.75, 3.05) is 13.1 Å². The second-order valence-electron chi connectivity index (χ2n) is 5.05. The van der Waals surface area contributed by atoms with E-state index in [0.717, 1.165) is 19.5 Å². The van der Waals surface area contributed by atoms with Crippen LogP contribution in [0.1, 0.15) is 25.8 Å². The fraction of sp³-hybridized carbons (Fsp3) is 0.615. The molecule has 1 aromatic heterocycles. The van der Waals surface area contributed by atoms with Crippen LogP contribution in [0, 0.1) is 11.3 Å². The van der Waals surface area contributed by atoms with Gasteiger partial charge in [0.05, 0.1) is 5.41 Å². The third-order valence-electron chi connectivity index (χ3n) is 3.78. The first kappa shape index (κ1) is 12.6. The van der Waals surface area contributed by atoms with E-state index in [1.807, 2.05) is 5.38 Å². The summed E-state index contributed by atoms with van der Waals surface area (Å²) in [4.78, 5) is 12.4. The van der Waals surface area contributed by atoms with Crippen molar-refractivity contribution < 1.29 is 4.79 Å². The summed E-state index contributed by atoms with van der Waals surface area (Å²) in [6.07, 6.45) is 0.945. The molecule has 0 spiro atoms. The van der Waals surface area contributed by atoms with E-state index < -0.39 is 0 Å². The summed E-state index contributed by atoms with van der Waals surface area (Å²) in [5.74, 6) is 0.573. The average molecular weight is 252 g/mol. The summed E-state index contributed by atoms with van der Waals surface area (Å²) in [7, 11) is 0. The van der Waals surface area contributed by atoms with Crippen molar-refractivity contribution in [3.8, 4) is 0 Å². The minimum Gasteiger partial charge on any atom is -0.351 e. The number of nitrogens with one attached hydrogen (secondary N) is 2. The molecule has 1 aromatic rings. The lowest BCUT2D eigenvalue weighted by Crippen LogP contribution is -2.45. The Hall–Kier alpha value is -0.870. The predicted octanol–water partition coefficient (Wildman–Crippen LogP) is 2.00. The Kier molecular flexibility index (Phi) is 3.84. The van der Waals surface area contributed by atoms with Gasteiger partial charge in [0, 0.05) is 13.1 Å². The molecular weight excluding hydrogens is 232 g/mol. The molecule has 0 saturated carbocycles. The molecule has 1 amide bonds. The maximum absolute atomic E-state index is 12.4. The smallest absolute Gasteiger partial charge is 0.228 e. The largest absolute Gasteiger partial charge is 0.351 e. The van der Waals surface area contributed by atoms with E-state index in [4.69, 9.17) is 0 Å². The van der Waals surface area contributed by atoms with Gasteiger partial charge in [-0.05, 0) is 41.3 Å². The van der Waals surface area contributed by atoms with Gasteiger partial charge in [-0.25, -0.2) is 0 Å². The van der Waals surface area contributed by atoms with Gasteiger partial charge in [-0.2, -0.15) is 11.3 Å². The average Bonchev–Trinajstić information content (AvgIpc) is 2.97. The van der Waals surface area contributed by atoms with Gasteiger partial charge in [0.1, 0.15) is 0 Å². The van der Waals surface area contributed by atoms with Crippen molar-refractivity contribution in [1.29, 1.82) is 0 Å². The van der Waals surface area contributed by atoms with E-state index >= 15 is 0 Å². The maximum atomic E-state index is 12.4. The Bertz CT molecular complexity index is 367. The van der Waals surface area contributed by atoms with Gasteiger partial charge in [0.25, 0.3) is 0 Å². The maximum Gasteiger partial charge on any atom is 0.228 e. The molecule has 17 heavy (non-hydrogen) atoms. The Morgan fingerprint density at radius 1 is 1.65 bits per heavy atom. The summed E-state index contributed by atoms with van der Waals surface area (Å²) in [5.41, 5.74) is 0.976. The summed E-state index contributed by atoms with van der Waals surface area (Å²) in [5, 5.41) is 10.5. The van der Waals surface area contributed by atoms with Gasteiger partial charge in [0.15, 0.2) is 0 Å². The lowest BCUT2D eigenvalue weighted by atomic mass is 9.75. The first-order valence-electron chi connectivity index (χ1n) is 6.15. The number of thiophene rings is 1. The zero-order valence-corrected chi connectivity index (χ0v) is 11.3. The molecule has 1 aliphatic heterocycles. The van der Waals surface area contributed by atoms with E-state index in [9.17, 15) is 4.79 Å². The lowest BCUT2D eigenvalue weighted by molar-refractivity contribution is -0.132. The number of hydrogen-bond donors (Lipinski definition) is 2. The number of amides is 1. The van der Waals surface area contributed by atoms with Crippen LogP contribution in [-0.4, -0.2) is 19.0 Å². The molecule has 1 aliphatic rings. The van der Waals surface area contributed by atoms with Gasteiger partial charge in [-0.15, -0.1) is 0 Å². The van der Waals surface area contributed by atoms with Crippen LogP contribution in [0.25, 0.3) is 0 Å². The van der Waals surface area contributed by atoms with E-state index in [-0.39, 0.29) is 11.3 Å². The van der Waals surface area contributed by atoms with Crippen LogP contribution in [0.3, 0.4) is 0 Å². The highest BCUT2D eigenvalue weighted by atomic mass is 32.1. The van der Waals surface area contributed by atoms with Crippen LogP contribution in [0.15, 0.2) is 16.8 Å². The number of carbonyl (C=O) groups excluding carboxylic acids is 1. The molecule has 0 aliphatic carbocycles. The molecule has 1 unspecified atom stereocenters. The molecule has 2 heterocycles. The van der Waals surface area contributed by atoms with Crippen molar-refractivity contribution in [2.45, 2.75) is 26.8 Å². The molecule has 94 valence electrons. The van der Waals surface area contributed by atoms with E-state index in [0.29, 0.717) is 12.5 Å². The van der Waals surface area contributed by atoms with Crippen LogP contribution >= 0.6 is 11.3 Å². The van der Waals surface area contributed by atoms with Gasteiger partial charge in [-0.3, -0.25) is 4.79 Å². The molecule has 2 rings (SSSR count). The normalized spacial score (nSPS) is 24.2. The third-order valence-corrected chi connectivity index (χ3v) is 4.51. The van der Waals surface area contributed by atoms with E-state index in [1.54, 1.807) is 11.3 Å². The number of hydrogen-bond acceptors (Lipinski definition) is 3. The molecule has 0 radical (unpaired) electrons. The van der Waals surface area contributed by atoms with Gasteiger partial charge < -0.3 is 10.6 Å². The minimum absolute atomic E-state index is 0.198. The summed E-state index contributed by atoms with van der Waals surface area (Å²) in [6.45, 7) is 6.68. The summed E-state index contributed by atoms with van der Waals surface area (Å²) >= 11 is 1.67. The molecule has 0 aromatic carbocycles. The Morgan fingerprint density at radius 3 is 3.00 bits per heavy atom. The molecule has 1 saturated heterocycles. The topological polar surface area (TPSA) is 41.1 Å². The van der Waals surface area contributed by atoms with Gasteiger partial charge >= 0.3 is 0 Å². The van der Waals surface area contributed by atoms with Crippen LogP contribution in [0.2, 0.25) is 0 Å². The fourth-order valence-corrected chi connectivity index (χ4v) is 3.08. The van der Waals surface area contributed by atoms with Crippen molar-refractivity contribution in [2.24, 2.45) is 11.3 Å².